The van der Waals surface area contributed by atoms with E-state index in [1.54, 1.807) is 42.0 Å². The van der Waals surface area contributed by atoms with Gasteiger partial charge in [0.15, 0.2) is 5.17 Å². The van der Waals surface area contributed by atoms with Gasteiger partial charge in [-0.05, 0) is 50.7 Å². The van der Waals surface area contributed by atoms with Crippen LogP contribution in [-0.4, -0.2) is 41.1 Å². The Morgan fingerprint density at radius 3 is 2.72 bits per heavy atom. The highest BCUT2D eigenvalue weighted by atomic mass is 35.5. The number of carbonyl (C=O) groups excluding carboxylic acids is 1. The summed E-state index contributed by atoms with van der Waals surface area (Å²) in [7, 11) is 1.56. The number of nitrogens with two attached hydrogens (primary N) is 1. The highest BCUT2D eigenvalue weighted by molar-refractivity contribution is 8.17. The first kappa shape index (κ1) is 21.1. The van der Waals surface area contributed by atoms with Gasteiger partial charge in [0.05, 0.1) is 24.4 Å². The Kier molecular flexibility index (Phi) is 6.10. The van der Waals surface area contributed by atoms with E-state index in [1.807, 2.05) is 13.8 Å². The molecule has 2 aliphatic heterocycles. The van der Waals surface area contributed by atoms with Crippen LogP contribution in [-0.2, 0) is 4.79 Å². The second kappa shape index (κ2) is 8.39. The number of ether oxygens (including phenoxy) is 1. The minimum atomic E-state index is -0.609. The fourth-order valence-electron chi connectivity index (χ4n) is 3.51. The summed E-state index contributed by atoms with van der Waals surface area (Å²) in [5, 5.41) is 10.5. The Morgan fingerprint density at radius 1 is 1.45 bits per heavy atom. The molecule has 1 amide bonds. The molecule has 1 aromatic carbocycles. The van der Waals surface area contributed by atoms with Gasteiger partial charge in [-0.3, -0.25) is 9.69 Å². The van der Waals surface area contributed by atoms with Crippen LogP contribution in [0.2, 0.25) is 5.02 Å². The minimum absolute atomic E-state index is 0.134. The molecule has 2 heterocycles. The molecule has 1 atom stereocenters. The van der Waals surface area contributed by atoms with Crippen molar-refractivity contribution >= 4 is 34.4 Å². The normalized spacial score (nSPS) is 18.4. The number of aliphatic imine (C=N–C) groups is 1. The number of rotatable bonds is 5. The SMILES string of the molecule is CCN(CC)C(=O)C1=C(C)N=C2SC(C#N)=C(N)N2[C@@H]1c1cc(Cl)ccc1OC. The molecule has 2 N–H and O–H groups in total. The molecule has 9 heteroatoms. The molecule has 0 unspecified atom stereocenters. The average molecular weight is 432 g/mol. The topological polar surface area (TPSA) is 95.0 Å². The van der Waals surface area contributed by atoms with E-state index < -0.39 is 6.04 Å². The highest BCUT2D eigenvalue weighted by Crippen LogP contribution is 2.47. The Bertz CT molecular complexity index is 991. The van der Waals surface area contributed by atoms with Crippen molar-refractivity contribution in [1.82, 2.24) is 9.80 Å². The molecule has 0 bridgehead atoms. The number of methoxy groups -OCH3 is 1. The molecule has 0 aromatic heterocycles. The van der Waals surface area contributed by atoms with Crippen LogP contribution < -0.4 is 10.5 Å². The fourth-order valence-corrected chi connectivity index (χ4v) is 4.60. The summed E-state index contributed by atoms with van der Waals surface area (Å²) >= 11 is 7.49. The van der Waals surface area contributed by atoms with Crippen LogP contribution in [0.5, 0.6) is 5.75 Å². The molecular weight excluding hydrogens is 410 g/mol. The average Bonchev–Trinajstić information content (AvgIpc) is 3.02. The number of amidine groups is 1. The smallest absolute Gasteiger partial charge is 0.254 e. The number of amides is 1. The van der Waals surface area contributed by atoms with Crippen LogP contribution in [0, 0.1) is 11.3 Å². The Labute approximate surface area is 179 Å². The van der Waals surface area contributed by atoms with E-state index in [1.165, 1.54) is 11.8 Å². The van der Waals surface area contributed by atoms with Crippen LogP contribution in [0.15, 0.2) is 45.2 Å². The van der Waals surface area contributed by atoms with E-state index >= 15 is 0 Å². The Hall–Kier alpha value is -2.63. The zero-order valence-electron chi connectivity index (χ0n) is 16.7. The lowest BCUT2D eigenvalue weighted by molar-refractivity contribution is -0.127. The second-order valence-corrected chi connectivity index (χ2v) is 7.87. The Balaban J connectivity index is 2.28. The van der Waals surface area contributed by atoms with Crippen molar-refractivity contribution in [3.8, 4) is 11.8 Å². The number of thioether (sulfide) groups is 1. The van der Waals surface area contributed by atoms with E-state index in [9.17, 15) is 10.1 Å². The van der Waals surface area contributed by atoms with Crippen LogP contribution in [0.25, 0.3) is 0 Å². The van der Waals surface area contributed by atoms with E-state index in [0.29, 0.717) is 50.8 Å². The maximum atomic E-state index is 13.5. The predicted octanol–water partition coefficient (Wildman–Crippen LogP) is 3.60. The third-order valence-electron chi connectivity index (χ3n) is 4.95. The largest absolute Gasteiger partial charge is 0.496 e. The molecule has 2 aliphatic rings. The number of allylic oxidation sites excluding steroid dienone is 2. The Morgan fingerprint density at radius 2 is 2.14 bits per heavy atom. The number of nitrogens with zero attached hydrogens (tertiary/aromatic N) is 4. The minimum Gasteiger partial charge on any atom is -0.496 e. The van der Waals surface area contributed by atoms with Gasteiger partial charge in [-0.25, -0.2) is 4.99 Å². The summed E-state index contributed by atoms with van der Waals surface area (Å²) in [4.78, 5) is 21.8. The van der Waals surface area contributed by atoms with Gasteiger partial charge in [0.2, 0.25) is 0 Å². The number of halogens is 1. The third-order valence-corrected chi connectivity index (χ3v) is 6.16. The molecule has 152 valence electrons. The first-order valence-corrected chi connectivity index (χ1v) is 10.4. The van der Waals surface area contributed by atoms with Crippen molar-refractivity contribution in [3.63, 3.8) is 0 Å². The van der Waals surface area contributed by atoms with Crippen LogP contribution in [0.4, 0.5) is 0 Å². The maximum Gasteiger partial charge on any atom is 0.254 e. The lowest BCUT2D eigenvalue weighted by Gasteiger charge is -2.37. The van der Waals surface area contributed by atoms with Crippen LogP contribution in [0.1, 0.15) is 32.4 Å². The molecule has 1 aromatic rings. The van der Waals surface area contributed by atoms with E-state index in [2.05, 4.69) is 11.1 Å². The standard InChI is InChI=1S/C20H22ClN5O2S/c1-5-25(6-2)19(27)16-11(3)24-20-26(18(23)15(10-22)29-20)17(16)13-9-12(21)7-8-14(13)28-4/h7-9,17H,5-6,23H2,1-4H3/t17-/m1/s1. The summed E-state index contributed by atoms with van der Waals surface area (Å²) in [6.07, 6.45) is 0. The number of fused-ring (bicyclic) bond motifs is 1. The van der Waals surface area contributed by atoms with Gasteiger partial charge in [0.25, 0.3) is 5.91 Å². The summed E-state index contributed by atoms with van der Waals surface area (Å²) in [6, 6.07) is 6.75. The fraction of sp³-hybridized carbons (Fsp3) is 0.350. The van der Waals surface area contributed by atoms with Crippen molar-refractivity contribution < 1.29 is 9.53 Å². The molecule has 0 saturated heterocycles. The number of carbonyl (C=O) groups is 1. The molecule has 7 nitrogen and oxygen atoms in total. The van der Waals surface area contributed by atoms with Gasteiger partial charge in [-0.15, -0.1) is 0 Å². The van der Waals surface area contributed by atoms with Gasteiger partial charge in [0, 0.05) is 23.7 Å². The lowest BCUT2D eigenvalue weighted by atomic mass is 9.92. The van der Waals surface area contributed by atoms with Crippen molar-refractivity contribution in [2.45, 2.75) is 26.8 Å². The molecular formula is C20H22ClN5O2S. The summed E-state index contributed by atoms with van der Waals surface area (Å²) < 4.78 is 5.57. The third kappa shape index (κ3) is 3.56. The van der Waals surface area contributed by atoms with Gasteiger partial charge in [0.1, 0.15) is 22.5 Å². The zero-order chi connectivity index (χ0) is 21.3. The van der Waals surface area contributed by atoms with Gasteiger partial charge in [-0.2, -0.15) is 5.26 Å². The molecule has 0 radical (unpaired) electrons. The monoisotopic (exact) mass is 431 g/mol. The first-order chi connectivity index (χ1) is 13.9. The van der Waals surface area contributed by atoms with Crippen LogP contribution >= 0.6 is 23.4 Å². The number of hydrogen-bond acceptors (Lipinski definition) is 7. The van der Waals surface area contributed by atoms with Crippen molar-refractivity contribution in [2.75, 3.05) is 20.2 Å². The molecule has 29 heavy (non-hydrogen) atoms. The van der Waals surface area contributed by atoms with Gasteiger partial charge in [-0.1, -0.05) is 11.6 Å². The van der Waals surface area contributed by atoms with Gasteiger partial charge < -0.3 is 15.4 Å². The lowest BCUT2D eigenvalue weighted by Crippen LogP contribution is -2.42. The van der Waals surface area contributed by atoms with Crippen molar-refractivity contribution in [3.05, 3.63) is 50.8 Å². The molecule has 0 aliphatic carbocycles. The zero-order valence-corrected chi connectivity index (χ0v) is 18.3. The number of benzene rings is 1. The molecule has 0 spiro atoms. The predicted molar refractivity (Wildman–Crippen MR) is 115 cm³/mol. The summed E-state index contributed by atoms with van der Waals surface area (Å²) in [5.74, 6) is 0.702. The van der Waals surface area contributed by atoms with Crippen molar-refractivity contribution in [2.24, 2.45) is 10.7 Å². The molecule has 3 rings (SSSR count). The van der Waals surface area contributed by atoms with E-state index in [0.717, 1.165) is 0 Å². The number of hydrogen-bond donors (Lipinski definition) is 1. The van der Waals surface area contributed by atoms with E-state index in [4.69, 9.17) is 22.1 Å². The molecule has 0 fully saturated rings. The number of nitriles is 1. The summed E-state index contributed by atoms with van der Waals surface area (Å²) in [6.45, 7) is 6.78. The number of likely N-dealkylation sites (N-methyl/N-ethyl adjacent to an activating group) is 1. The van der Waals surface area contributed by atoms with Gasteiger partial charge >= 0.3 is 0 Å². The second-order valence-electron chi connectivity index (χ2n) is 6.46. The van der Waals surface area contributed by atoms with Crippen LogP contribution in [0.3, 0.4) is 0 Å². The maximum absolute atomic E-state index is 13.5. The summed E-state index contributed by atoms with van der Waals surface area (Å²) in [5.41, 5.74) is 8.07. The van der Waals surface area contributed by atoms with Crippen molar-refractivity contribution in [1.29, 1.82) is 5.26 Å². The molecule has 0 saturated carbocycles. The van der Waals surface area contributed by atoms with E-state index in [-0.39, 0.29) is 11.7 Å². The quantitative estimate of drug-likeness (QED) is 0.765. The first-order valence-electron chi connectivity index (χ1n) is 9.16. The highest BCUT2D eigenvalue weighted by Gasteiger charge is 2.43.